The molecule has 0 aliphatic heterocycles. The molecule has 0 unspecified atom stereocenters. The number of anilines is 1. The molecular weight excluding hydrogens is 214 g/mol. The molecule has 0 spiro atoms. The lowest BCUT2D eigenvalue weighted by molar-refractivity contribution is 1.06. The van der Waals surface area contributed by atoms with Crippen molar-refractivity contribution in [3.8, 4) is 17.3 Å². The molecule has 5 nitrogen and oxygen atoms in total. The smallest absolute Gasteiger partial charge is 0.150 e. The average molecular weight is 225 g/mol. The Balaban J connectivity index is 2.61. The molecule has 0 amide bonds. The summed E-state index contributed by atoms with van der Waals surface area (Å²) in [6.45, 7) is 3.72. The average Bonchev–Trinajstić information content (AvgIpc) is 2.34. The summed E-state index contributed by atoms with van der Waals surface area (Å²) in [5, 5.41) is 8.82. The van der Waals surface area contributed by atoms with Gasteiger partial charge in [-0.15, -0.1) is 0 Å². The van der Waals surface area contributed by atoms with Gasteiger partial charge in [0, 0.05) is 18.0 Å². The molecule has 17 heavy (non-hydrogen) atoms. The number of nitrogen functional groups attached to an aromatic ring is 1. The molecule has 0 atom stereocenters. The molecule has 0 fully saturated rings. The van der Waals surface area contributed by atoms with Gasteiger partial charge in [-0.2, -0.15) is 5.26 Å². The highest BCUT2D eigenvalue weighted by Crippen LogP contribution is 2.23. The molecule has 5 heteroatoms. The van der Waals surface area contributed by atoms with Crippen LogP contribution in [0.2, 0.25) is 0 Å². The van der Waals surface area contributed by atoms with Gasteiger partial charge in [-0.25, -0.2) is 9.97 Å². The summed E-state index contributed by atoms with van der Waals surface area (Å²) in [5.74, 6) is 0.352. The van der Waals surface area contributed by atoms with E-state index in [1.807, 2.05) is 19.9 Å². The molecule has 2 aromatic rings. The maximum atomic E-state index is 8.82. The Hall–Kier alpha value is -2.48. The molecule has 0 aromatic carbocycles. The summed E-state index contributed by atoms with van der Waals surface area (Å²) >= 11 is 0. The number of nitrogens with two attached hydrogens (primary N) is 1. The maximum absolute atomic E-state index is 8.82. The Kier molecular flexibility index (Phi) is 2.71. The number of hydrogen-bond acceptors (Lipinski definition) is 5. The fourth-order valence-corrected chi connectivity index (χ4v) is 1.46. The molecule has 2 N–H and O–H groups in total. The van der Waals surface area contributed by atoms with E-state index in [0.29, 0.717) is 22.6 Å². The normalized spacial score (nSPS) is 9.94. The lowest BCUT2D eigenvalue weighted by Crippen LogP contribution is -2.02. The van der Waals surface area contributed by atoms with Crippen LogP contribution in [0, 0.1) is 25.2 Å². The summed E-state index contributed by atoms with van der Waals surface area (Å²) in [6, 6.07) is 3.73. The Morgan fingerprint density at radius 2 is 1.88 bits per heavy atom. The van der Waals surface area contributed by atoms with E-state index in [2.05, 4.69) is 15.0 Å². The fourth-order valence-electron chi connectivity index (χ4n) is 1.46. The molecule has 84 valence electrons. The van der Waals surface area contributed by atoms with Gasteiger partial charge in [-0.1, -0.05) is 0 Å². The fraction of sp³-hybridized carbons (Fsp3) is 0.167. The van der Waals surface area contributed by atoms with Gasteiger partial charge in [0.1, 0.15) is 17.6 Å². The molecule has 0 saturated heterocycles. The number of aromatic nitrogens is 3. The quantitative estimate of drug-likeness (QED) is 0.796. The number of hydrogen-bond donors (Lipinski definition) is 1. The third kappa shape index (κ3) is 2.06. The zero-order chi connectivity index (χ0) is 12.4. The van der Waals surface area contributed by atoms with Gasteiger partial charge in [0.2, 0.25) is 0 Å². The van der Waals surface area contributed by atoms with Crippen molar-refractivity contribution in [2.75, 3.05) is 5.73 Å². The maximum Gasteiger partial charge on any atom is 0.150 e. The van der Waals surface area contributed by atoms with E-state index in [1.165, 1.54) is 6.20 Å². The van der Waals surface area contributed by atoms with Crippen LogP contribution in [0.25, 0.3) is 11.3 Å². The Labute approximate surface area is 99.0 Å². The zero-order valence-corrected chi connectivity index (χ0v) is 9.60. The van der Waals surface area contributed by atoms with E-state index in [9.17, 15) is 0 Å². The Morgan fingerprint density at radius 1 is 1.18 bits per heavy atom. The highest BCUT2D eigenvalue weighted by Gasteiger charge is 2.09. The topological polar surface area (TPSA) is 88.5 Å². The minimum absolute atomic E-state index is 0.352. The molecular formula is C12H11N5. The summed E-state index contributed by atoms with van der Waals surface area (Å²) in [5.41, 5.74) is 9.19. The SMILES string of the molecule is Cc1nc(N)c(-c2cncc(C#N)c2)nc1C. The zero-order valence-electron chi connectivity index (χ0n) is 9.60. The summed E-state index contributed by atoms with van der Waals surface area (Å²) in [7, 11) is 0. The van der Waals surface area contributed by atoms with Crippen LogP contribution in [0.15, 0.2) is 18.5 Å². The van der Waals surface area contributed by atoms with Crippen LogP contribution in [0.5, 0.6) is 0 Å². The number of nitrogens with zero attached hydrogens (tertiary/aromatic N) is 4. The van der Waals surface area contributed by atoms with Crippen LogP contribution in [0.3, 0.4) is 0 Å². The van der Waals surface area contributed by atoms with Gasteiger partial charge in [0.15, 0.2) is 0 Å². The van der Waals surface area contributed by atoms with Crippen LogP contribution in [-0.4, -0.2) is 15.0 Å². The molecule has 0 bridgehead atoms. The molecule has 2 aromatic heterocycles. The molecule has 2 rings (SSSR count). The lowest BCUT2D eigenvalue weighted by atomic mass is 10.1. The predicted molar refractivity (Wildman–Crippen MR) is 63.9 cm³/mol. The molecule has 0 aliphatic rings. The van der Waals surface area contributed by atoms with Gasteiger partial charge in [-0.05, 0) is 19.9 Å². The molecule has 0 saturated carbocycles. The van der Waals surface area contributed by atoms with Crippen molar-refractivity contribution in [3.05, 3.63) is 35.4 Å². The first-order chi connectivity index (χ1) is 8.11. The minimum atomic E-state index is 0.352. The first-order valence-electron chi connectivity index (χ1n) is 5.08. The number of rotatable bonds is 1. The summed E-state index contributed by atoms with van der Waals surface area (Å²) in [6.07, 6.45) is 3.12. The highest BCUT2D eigenvalue weighted by molar-refractivity contribution is 5.70. The van der Waals surface area contributed by atoms with Crippen molar-refractivity contribution < 1.29 is 0 Å². The second-order valence-electron chi connectivity index (χ2n) is 3.70. The van der Waals surface area contributed by atoms with Crippen LogP contribution >= 0.6 is 0 Å². The lowest BCUT2D eigenvalue weighted by Gasteiger charge is -2.07. The third-order valence-electron chi connectivity index (χ3n) is 2.47. The van der Waals surface area contributed by atoms with Crippen molar-refractivity contribution in [1.82, 2.24) is 15.0 Å². The number of nitriles is 1. The van der Waals surface area contributed by atoms with Crippen molar-refractivity contribution in [2.24, 2.45) is 0 Å². The van der Waals surface area contributed by atoms with Crippen molar-refractivity contribution in [3.63, 3.8) is 0 Å². The van der Waals surface area contributed by atoms with Crippen molar-refractivity contribution in [2.45, 2.75) is 13.8 Å². The van der Waals surface area contributed by atoms with E-state index in [0.717, 1.165) is 11.4 Å². The van der Waals surface area contributed by atoms with E-state index < -0.39 is 0 Å². The van der Waals surface area contributed by atoms with Crippen molar-refractivity contribution >= 4 is 5.82 Å². The predicted octanol–water partition coefficient (Wildman–Crippen LogP) is 1.61. The Bertz CT molecular complexity index is 613. The van der Waals surface area contributed by atoms with Gasteiger partial charge in [0.25, 0.3) is 0 Å². The standard InChI is InChI=1S/C12H11N5/c1-7-8(2)17-12(14)11(16-7)10-3-9(4-13)5-15-6-10/h3,5-6H,1-2H3,(H2,14,17). The largest absolute Gasteiger partial charge is 0.382 e. The summed E-state index contributed by atoms with van der Waals surface area (Å²) in [4.78, 5) is 12.6. The van der Waals surface area contributed by atoms with Gasteiger partial charge in [0.05, 0.1) is 17.0 Å². The van der Waals surface area contributed by atoms with Crippen LogP contribution < -0.4 is 5.73 Å². The first-order valence-corrected chi connectivity index (χ1v) is 5.08. The monoisotopic (exact) mass is 225 g/mol. The molecule has 0 radical (unpaired) electrons. The second kappa shape index (κ2) is 4.18. The van der Waals surface area contributed by atoms with E-state index in [4.69, 9.17) is 11.0 Å². The van der Waals surface area contributed by atoms with Gasteiger partial charge in [-0.3, -0.25) is 4.98 Å². The highest BCUT2D eigenvalue weighted by atomic mass is 14.9. The van der Waals surface area contributed by atoms with Crippen LogP contribution in [0.4, 0.5) is 5.82 Å². The Morgan fingerprint density at radius 3 is 2.59 bits per heavy atom. The number of pyridine rings is 1. The van der Waals surface area contributed by atoms with Gasteiger partial charge < -0.3 is 5.73 Å². The van der Waals surface area contributed by atoms with E-state index in [1.54, 1.807) is 12.3 Å². The number of aryl methyl sites for hydroxylation is 2. The third-order valence-corrected chi connectivity index (χ3v) is 2.47. The summed E-state index contributed by atoms with van der Waals surface area (Å²) < 4.78 is 0. The van der Waals surface area contributed by atoms with Crippen molar-refractivity contribution in [1.29, 1.82) is 5.26 Å². The van der Waals surface area contributed by atoms with Gasteiger partial charge >= 0.3 is 0 Å². The second-order valence-corrected chi connectivity index (χ2v) is 3.70. The van der Waals surface area contributed by atoms with E-state index in [-0.39, 0.29) is 0 Å². The minimum Gasteiger partial charge on any atom is -0.382 e. The van der Waals surface area contributed by atoms with Crippen LogP contribution in [0.1, 0.15) is 17.0 Å². The first kappa shape index (κ1) is 11.0. The van der Waals surface area contributed by atoms with Crippen LogP contribution in [-0.2, 0) is 0 Å². The van der Waals surface area contributed by atoms with E-state index >= 15 is 0 Å². The molecule has 2 heterocycles. The molecule has 0 aliphatic carbocycles.